The van der Waals surface area contributed by atoms with E-state index in [4.69, 9.17) is 25.4 Å². The highest BCUT2D eigenvalue weighted by atomic mass is 79.9. The highest BCUT2D eigenvalue weighted by Gasteiger charge is 2.29. The lowest BCUT2D eigenvalue weighted by atomic mass is 9.84. The number of nitrogens with zero attached hydrogens (tertiary/aromatic N) is 1. The van der Waals surface area contributed by atoms with Crippen LogP contribution < -0.4 is 19.9 Å². The third kappa shape index (κ3) is 6.78. The molecule has 0 aliphatic carbocycles. The number of methoxy groups -OCH3 is 1. The van der Waals surface area contributed by atoms with Crippen LogP contribution in [0.1, 0.15) is 67.6 Å². The van der Waals surface area contributed by atoms with Crippen molar-refractivity contribution in [2.75, 3.05) is 26.9 Å². The molecule has 8 nitrogen and oxygen atoms in total. The van der Waals surface area contributed by atoms with Gasteiger partial charge in [-0.15, -0.1) is 17.0 Å². The van der Waals surface area contributed by atoms with Gasteiger partial charge in [0.25, 0.3) is 0 Å². The molecule has 3 N–H and O–H groups in total. The van der Waals surface area contributed by atoms with Gasteiger partial charge in [0.1, 0.15) is 11.6 Å². The Balaban J connectivity index is 0.00000456. The molecule has 2 aromatic rings. The van der Waals surface area contributed by atoms with Gasteiger partial charge in [-0.25, -0.2) is 0 Å². The van der Waals surface area contributed by atoms with E-state index in [2.05, 4.69) is 0 Å². The first-order valence-electron chi connectivity index (χ1n) is 11.8. The van der Waals surface area contributed by atoms with Crippen molar-refractivity contribution in [2.45, 2.75) is 52.5 Å². The summed E-state index contributed by atoms with van der Waals surface area (Å²) in [6.07, 6.45) is 0.685. The van der Waals surface area contributed by atoms with E-state index in [1.54, 1.807) is 18.1 Å². The Morgan fingerprint density at radius 2 is 1.86 bits per heavy atom. The molecule has 1 heterocycles. The van der Waals surface area contributed by atoms with Crippen LogP contribution in [0.2, 0.25) is 0 Å². The minimum absolute atomic E-state index is 0. The van der Waals surface area contributed by atoms with E-state index in [1.807, 2.05) is 52.0 Å². The van der Waals surface area contributed by atoms with Crippen LogP contribution in [0, 0.1) is 5.41 Å². The zero-order chi connectivity index (χ0) is 25.8. The maximum Gasteiger partial charge on any atom is 0.217 e. The Morgan fingerprint density at radius 3 is 2.47 bits per heavy atom. The van der Waals surface area contributed by atoms with Crippen molar-refractivity contribution >= 4 is 34.5 Å². The van der Waals surface area contributed by atoms with Gasteiger partial charge in [0.05, 0.1) is 26.9 Å². The second-order valence-corrected chi connectivity index (χ2v) is 9.60. The first-order valence-corrected chi connectivity index (χ1v) is 11.8. The van der Waals surface area contributed by atoms with Crippen LogP contribution in [0.15, 0.2) is 30.3 Å². The molecule has 0 fully saturated rings. The van der Waals surface area contributed by atoms with Crippen LogP contribution in [0.3, 0.4) is 0 Å². The predicted octanol–water partition coefficient (Wildman–Crippen LogP) is 4.64. The molecule has 0 bridgehead atoms. The minimum Gasteiger partial charge on any atom is -0.494 e. The quantitative estimate of drug-likeness (QED) is 0.305. The third-order valence-corrected chi connectivity index (χ3v) is 5.87. The number of ether oxygens (including phenoxy) is 3. The molecule has 0 radical (unpaired) electrons. The topological polar surface area (TPSA) is 115 Å². The Bertz CT molecular complexity index is 1130. The van der Waals surface area contributed by atoms with Crippen molar-refractivity contribution < 1.29 is 23.8 Å². The summed E-state index contributed by atoms with van der Waals surface area (Å²) in [5.74, 6) is 1.53. The second kappa shape index (κ2) is 12.3. The van der Waals surface area contributed by atoms with Crippen LogP contribution in [-0.2, 0) is 16.8 Å². The number of benzene rings is 2. The molecule has 0 unspecified atom stereocenters. The van der Waals surface area contributed by atoms with Crippen LogP contribution >= 0.6 is 17.0 Å². The van der Waals surface area contributed by atoms with Crippen molar-refractivity contribution in [2.24, 2.45) is 5.73 Å². The summed E-state index contributed by atoms with van der Waals surface area (Å²) in [6, 6.07) is 9.22. The van der Waals surface area contributed by atoms with E-state index in [0.717, 1.165) is 16.7 Å². The van der Waals surface area contributed by atoms with E-state index in [0.29, 0.717) is 48.2 Å². The SMILES string of the molecule is Br.CCOc1ccc2c(c1)C(=N)N(CC(=O)c1cc(OCCCC(N)=O)c(OC)c(C(C)(C)C)c1)C2. The molecular weight excluding hydrogens is 526 g/mol. The van der Waals surface area contributed by atoms with Gasteiger partial charge in [0, 0.05) is 29.7 Å². The fraction of sp³-hybridized carbons (Fsp3) is 0.444. The van der Waals surface area contributed by atoms with Gasteiger partial charge in [-0.3, -0.25) is 15.0 Å². The summed E-state index contributed by atoms with van der Waals surface area (Å²) >= 11 is 0. The lowest BCUT2D eigenvalue weighted by Crippen LogP contribution is -2.30. The van der Waals surface area contributed by atoms with Gasteiger partial charge >= 0.3 is 0 Å². The van der Waals surface area contributed by atoms with E-state index in [9.17, 15) is 9.59 Å². The number of carbonyl (C=O) groups excluding carboxylic acids is 2. The first-order chi connectivity index (χ1) is 16.5. The van der Waals surface area contributed by atoms with E-state index >= 15 is 0 Å². The average molecular weight is 563 g/mol. The molecule has 36 heavy (non-hydrogen) atoms. The van der Waals surface area contributed by atoms with Crippen molar-refractivity contribution in [1.29, 1.82) is 5.41 Å². The number of nitrogens with two attached hydrogens (primary N) is 1. The zero-order valence-electron chi connectivity index (χ0n) is 21.6. The number of hydrogen-bond acceptors (Lipinski definition) is 6. The zero-order valence-corrected chi connectivity index (χ0v) is 23.3. The number of carbonyl (C=O) groups is 2. The van der Waals surface area contributed by atoms with Gasteiger partial charge in [-0.1, -0.05) is 26.8 Å². The minimum atomic E-state index is -0.387. The van der Waals surface area contributed by atoms with Crippen molar-refractivity contribution in [3.63, 3.8) is 0 Å². The highest BCUT2D eigenvalue weighted by Crippen LogP contribution is 2.40. The summed E-state index contributed by atoms with van der Waals surface area (Å²) in [7, 11) is 1.57. The van der Waals surface area contributed by atoms with Crippen LogP contribution in [0.4, 0.5) is 0 Å². The average Bonchev–Trinajstić information content (AvgIpc) is 3.10. The Labute approximate surface area is 223 Å². The van der Waals surface area contributed by atoms with Crippen LogP contribution in [0.25, 0.3) is 0 Å². The number of fused-ring (bicyclic) bond motifs is 1. The molecule has 0 atom stereocenters. The number of amidine groups is 1. The smallest absolute Gasteiger partial charge is 0.217 e. The van der Waals surface area contributed by atoms with Crippen molar-refractivity contribution in [1.82, 2.24) is 4.90 Å². The second-order valence-electron chi connectivity index (χ2n) is 9.60. The monoisotopic (exact) mass is 561 g/mol. The molecule has 9 heteroatoms. The number of primary amides is 1. The van der Waals surface area contributed by atoms with E-state index in [-0.39, 0.29) is 53.7 Å². The largest absolute Gasteiger partial charge is 0.494 e. The molecule has 196 valence electrons. The molecule has 0 spiro atoms. The standard InChI is InChI=1S/C27H35N3O5.BrH/c1-6-34-19-10-9-17-15-30(26(29)20(17)14-19)16-22(31)18-12-21(27(2,3)4)25(33-5)23(13-18)35-11-7-8-24(28)32;/h9-10,12-14,29H,6-8,11,15-16H2,1-5H3,(H2,28,32);1H. The van der Waals surface area contributed by atoms with Crippen LogP contribution in [0.5, 0.6) is 17.2 Å². The van der Waals surface area contributed by atoms with E-state index in [1.165, 1.54) is 0 Å². The molecular formula is C27H36BrN3O5. The Morgan fingerprint density at radius 1 is 1.14 bits per heavy atom. The summed E-state index contributed by atoms with van der Waals surface area (Å²) in [4.78, 5) is 26.2. The van der Waals surface area contributed by atoms with E-state index < -0.39 is 0 Å². The lowest BCUT2D eigenvalue weighted by molar-refractivity contribution is -0.118. The number of hydrogen-bond donors (Lipinski definition) is 2. The Kier molecular flexibility index (Phi) is 9.93. The summed E-state index contributed by atoms with van der Waals surface area (Å²) in [6.45, 7) is 9.42. The first kappa shape index (κ1) is 29.2. The van der Waals surface area contributed by atoms with Crippen molar-refractivity contribution in [3.05, 3.63) is 52.6 Å². The molecule has 1 amide bonds. The fourth-order valence-corrected chi connectivity index (χ4v) is 4.09. The van der Waals surface area contributed by atoms with Gasteiger partial charge in [0.2, 0.25) is 5.91 Å². The predicted molar refractivity (Wildman–Crippen MR) is 145 cm³/mol. The summed E-state index contributed by atoms with van der Waals surface area (Å²) < 4.78 is 17.1. The molecule has 2 aromatic carbocycles. The summed E-state index contributed by atoms with van der Waals surface area (Å²) in [5.41, 5.74) is 8.03. The molecule has 0 aromatic heterocycles. The van der Waals surface area contributed by atoms with Gasteiger partial charge in [0.15, 0.2) is 17.3 Å². The summed E-state index contributed by atoms with van der Waals surface area (Å²) in [5, 5.41) is 8.60. The number of ketones is 1. The highest BCUT2D eigenvalue weighted by molar-refractivity contribution is 8.93. The molecule has 0 saturated carbocycles. The normalized spacial score (nSPS) is 12.6. The molecule has 1 aliphatic rings. The number of halogens is 1. The Hall–Kier alpha value is -3.07. The number of nitrogens with one attached hydrogen (secondary N) is 1. The molecule has 0 saturated heterocycles. The van der Waals surface area contributed by atoms with Gasteiger partial charge in [-0.05, 0) is 48.6 Å². The fourth-order valence-electron chi connectivity index (χ4n) is 4.09. The third-order valence-electron chi connectivity index (χ3n) is 5.87. The van der Waals surface area contributed by atoms with Crippen LogP contribution in [-0.4, -0.2) is 49.3 Å². The number of rotatable bonds is 11. The molecule has 1 aliphatic heterocycles. The number of Topliss-reactive ketones (excluding diaryl/α,β-unsaturated/α-hetero) is 1. The van der Waals surface area contributed by atoms with Crippen molar-refractivity contribution in [3.8, 4) is 17.2 Å². The van der Waals surface area contributed by atoms with Gasteiger partial charge in [-0.2, -0.15) is 0 Å². The maximum absolute atomic E-state index is 13.4. The number of amides is 1. The molecule has 3 rings (SSSR count). The lowest BCUT2D eigenvalue weighted by Gasteiger charge is -2.25. The maximum atomic E-state index is 13.4. The van der Waals surface area contributed by atoms with Gasteiger partial charge < -0.3 is 24.8 Å².